The highest BCUT2D eigenvalue weighted by molar-refractivity contribution is 5.91. The third-order valence-corrected chi connectivity index (χ3v) is 3.12. The molecular weight excluding hydrogens is 268 g/mol. The van der Waals surface area contributed by atoms with Gasteiger partial charge in [0.05, 0.1) is 0 Å². The zero-order valence-corrected chi connectivity index (χ0v) is 11.9. The lowest BCUT2D eigenvalue weighted by Gasteiger charge is -2.22. The Morgan fingerprint density at radius 3 is 3.11 bits per heavy atom. The molecule has 1 atom stereocenters. The van der Waals surface area contributed by atoms with Crippen LogP contribution in [0.25, 0.3) is 0 Å². The van der Waals surface area contributed by atoms with Gasteiger partial charge >= 0.3 is 0 Å². The van der Waals surface area contributed by atoms with E-state index >= 15 is 0 Å². The highest BCUT2D eigenvalue weighted by atomic mass is 35.5. The van der Waals surface area contributed by atoms with Crippen molar-refractivity contribution in [1.29, 1.82) is 0 Å². The average Bonchev–Trinajstić information content (AvgIpc) is 2.86. The number of amides is 1. The van der Waals surface area contributed by atoms with Crippen molar-refractivity contribution in [2.24, 2.45) is 5.92 Å². The van der Waals surface area contributed by atoms with Gasteiger partial charge < -0.3 is 19.8 Å². The average molecular weight is 289 g/mol. The molecule has 0 aliphatic carbocycles. The predicted octanol–water partition coefficient (Wildman–Crippen LogP) is 1.58. The first-order chi connectivity index (χ1) is 8.79. The van der Waals surface area contributed by atoms with Crippen LogP contribution in [0.1, 0.15) is 29.2 Å². The third kappa shape index (κ3) is 4.86. The first kappa shape index (κ1) is 16.0. The van der Waals surface area contributed by atoms with E-state index in [1.807, 2.05) is 0 Å². The predicted molar refractivity (Wildman–Crippen MR) is 74.6 cm³/mol. The number of furan rings is 1. The maximum Gasteiger partial charge on any atom is 0.287 e. The lowest BCUT2D eigenvalue weighted by Crippen LogP contribution is -2.38. The third-order valence-electron chi connectivity index (χ3n) is 3.12. The van der Waals surface area contributed by atoms with Crippen LogP contribution in [0.2, 0.25) is 0 Å². The van der Waals surface area contributed by atoms with Gasteiger partial charge in [-0.15, -0.1) is 12.4 Å². The molecule has 2 heterocycles. The summed E-state index contributed by atoms with van der Waals surface area (Å²) >= 11 is 0. The maximum absolute atomic E-state index is 11.8. The fourth-order valence-corrected chi connectivity index (χ4v) is 2.14. The fourth-order valence-electron chi connectivity index (χ4n) is 2.14. The Morgan fingerprint density at radius 1 is 1.58 bits per heavy atom. The largest absolute Gasteiger partial charge is 0.453 e. The van der Waals surface area contributed by atoms with Crippen LogP contribution in [0.3, 0.4) is 0 Å². The fraction of sp³-hybridized carbons (Fsp3) is 0.615. The van der Waals surface area contributed by atoms with E-state index in [9.17, 15) is 4.79 Å². The Morgan fingerprint density at radius 2 is 2.42 bits per heavy atom. The van der Waals surface area contributed by atoms with Crippen LogP contribution in [0.5, 0.6) is 0 Å². The summed E-state index contributed by atoms with van der Waals surface area (Å²) in [5.41, 5.74) is 0. The Kier molecular flexibility index (Phi) is 6.91. The number of methoxy groups -OCH3 is 1. The van der Waals surface area contributed by atoms with Crippen molar-refractivity contribution in [2.75, 3.05) is 26.7 Å². The molecule has 19 heavy (non-hydrogen) atoms. The van der Waals surface area contributed by atoms with Crippen LogP contribution >= 0.6 is 12.4 Å². The number of hydrogen-bond donors (Lipinski definition) is 2. The van der Waals surface area contributed by atoms with Crippen LogP contribution in [0.4, 0.5) is 0 Å². The second-order valence-corrected chi connectivity index (χ2v) is 4.62. The highest BCUT2D eigenvalue weighted by Gasteiger charge is 2.16. The lowest BCUT2D eigenvalue weighted by atomic mass is 10.00. The number of piperidine rings is 1. The highest BCUT2D eigenvalue weighted by Crippen LogP contribution is 2.11. The molecule has 2 N–H and O–H groups in total. The summed E-state index contributed by atoms with van der Waals surface area (Å²) in [5, 5.41) is 6.24. The smallest absolute Gasteiger partial charge is 0.287 e. The van der Waals surface area contributed by atoms with Gasteiger partial charge in [-0.3, -0.25) is 4.79 Å². The molecule has 0 bridgehead atoms. The number of carbonyl (C=O) groups is 1. The Balaban J connectivity index is 0.00000180. The molecule has 1 unspecified atom stereocenters. The molecule has 1 amide bonds. The minimum atomic E-state index is -0.150. The maximum atomic E-state index is 11.8. The molecule has 1 aliphatic heterocycles. The molecule has 0 radical (unpaired) electrons. The van der Waals surface area contributed by atoms with Crippen LogP contribution in [0, 0.1) is 5.92 Å². The normalized spacial score (nSPS) is 18.7. The van der Waals surface area contributed by atoms with Gasteiger partial charge in [0.2, 0.25) is 0 Å². The quantitative estimate of drug-likeness (QED) is 0.863. The number of halogens is 1. The summed E-state index contributed by atoms with van der Waals surface area (Å²) < 4.78 is 10.3. The molecule has 1 aliphatic rings. The number of hydrogen-bond acceptors (Lipinski definition) is 4. The number of nitrogens with one attached hydrogen (secondary N) is 2. The van der Waals surface area contributed by atoms with E-state index in [1.165, 1.54) is 12.8 Å². The van der Waals surface area contributed by atoms with Gasteiger partial charge in [0.15, 0.2) is 5.76 Å². The van der Waals surface area contributed by atoms with Gasteiger partial charge in [-0.25, -0.2) is 0 Å². The van der Waals surface area contributed by atoms with Crippen molar-refractivity contribution < 1.29 is 13.9 Å². The lowest BCUT2D eigenvalue weighted by molar-refractivity contribution is 0.0908. The van der Waals surface area contributed by atoms with Crippen molar-refractivity contribution in [3.63, 3.8) is 0 Å². The molecule has 6 heteroatoms. The van der Waals surface area contributed by atoms with Crippen molar-refractivity contribution >= 4 is 18.3 Å². The molecule has 108 valence electrons. The summed E-state index contributed by atoms with van der Waals surface area (Å²) in [4.78, 5) is 11.8. The van der Waals surface area contributed by atoms with E-state index in [1.54, 1.807) is 19.2 Å². The summed E-state index contributed by atoms with van der Waals surface area (Å²) in [7, 11) is 1.60. The van der Waals surface area contributed by atoms with Gasteiger partial charge in [-0.2, -0.15) is 0 Å². The van der Waals surface area contributed by atoms with Crippen molar-refractivity contribution in [3.8, 4) is 0 Å². The first-order valence-electron chi connectivity index (χ1n) is 6.36. The second-order valence-electron chi connectivity index (χ2n) is 4.62. The Bertz CT molecular complexity index is 389. The standard InChI is InChI=1S/C13H20N2O3.ClH/c1-17-9-11-4-5-12(18-11)13(16)15-8-10-3-2-6-14-7-10;/h4-5,10,14H,2-3,6-9H2,1H3,(H,15,16);1H. The van der Waals surface area contributed by atoms with E-state index in [-0.39, 0.29) is 18.3 Å². The minimum Gasteiger partial charge on any atom is -0.453 e. The molecule has 0 aromatic carbocycles. The molecule has 5 nitrogen and oxygen atoms in total. The van der Waals surface area contributed by atoms with Crippen LogP contribution in [0.15, 0.2) is 16.5 Å². The molecule has 1 aromatic rings. The number of carbonyl (C=O) groups excluding carboxylic acids is 1. The van der Waals surface area contributed by atoms with E-state index in [0.29, 0.717) is 30.6 Å². The molecule has 1 saturated heterocycles. The summed E-state index contributed by atoms with van der Waals surface area (Å²) in [6, 6.07) is 3.45. The van der Waals surface area contributed by atoms with E-state index < -0.39 is 0 Å². The monoisotopic (exact) mass is 288 g/mol. The van der Waals surface area contributed by atoms with Crippen LogP contribution < -0.4 is 10.6 Å². The molecule has 1 fully saturated rings. The molecule has 0 spiro atoms. The zero-order chi connectivity index (χ0) is 12.8. The second kappa shape index (κ2) is 8.19. The molecule has 0 saturated carbocycles. The van der Waals surface area contributed by atoms with E-state index in [2.05, 4.69) is 10.6 Å². The Hall–Kier alpha value is -1.04. The number of rotatable bonds is 5. The topological polar surface area (TPSA) is 63.5 Å². The molecular formula is C13H21ClN2O3. The van der Waals surface area contributed by atoms with Gasteiger partial charge in [-0.05, 0) is 44.0 Å². The SMILES string of the molecule is COCc1ccc(C(=O)NCC2CCCNC2)o1.Cl. The summed E-state index contributed by atoms with van der Waals surface area (Å²) in [5.74, 6) is 1.40. The van der Waals surface area contributed by atoms with Crippen molar-refractivity contribution in [2.45, 2.75) is 19.4 Å². The van der Waals surface area contributed by atoms with Crippen molar-refractivity contribution in [1.82, 2.24) is 10.6 Å². The summed E-state index contributed by atoms with van der Waals surface area (Å²) in [6.45, 7) is 3.16. The van der Waals surface area contributed by atoms with Gasteiger partial charge in [0.1, 0.15) is 12.4 Å². The summed E-state index contributed by atoms with van der Waals surface area (Å²) in [6.07, 6.45) is 2.35. The minimum absolute atomic E-state index is 0. The zero-order valence-electron chi connectivity index (χ0n) is 11.1. The Labute approximate surface area is 119 Å². The first-order valence-corrected chi connectivity index (χ1v) is 6.36. The number of ether oxygens (including phenoxy) is 1. The molecule has 2 rings (SSSR count). The van der Waals surface area contributed by atoms with Gasteiger partial charge in [0, 0.05) is 13.7 Å². The van der Waals surface area contributed by atoms with Gasteiger partial charge in [-0.1, -0.05) is 0 Å². The molecule has 1 aromatic heterocycles. The van der Waals surface area contributed by atoms with E-state index in [0.717, 1.165) is 13.1 Å². The van der Waals surface area contributed by atoms with Crippen LogP contribution in [-0.2, 0) is 11.3 Å². The van der Waals surface area contributed by atoms with Crippen LogP contribution in [-0.4, -0.2) is 32.7 Å². The van der Waals surface area contributed by atoms with E-state index in [4.69, 9.17) is 9.15 Å². The van der Waals surface area contributed by atoms with Gasteiger partial charge in [0.25, 0.3) is 5.91 Å². The van der Waals surface area contributed by atoms with Crippen molar-refractivity contribution in [3.05, 3.63) is 23.7 Å².